The molecule has 2 heterocycles. The van der Waals surface area contributed by atoms with Crippen molar-refractivity contribution >= 4 is 40.7 Å². The Hall–Kier alpha value is 0.0900. The maximum absolute atomic E-state index is 13.8. The standard InChI is InChI=1S/C16H22BrFN2O.2ClH/c17-15-2-1-13(18)11-14(15)16(12-3-9-21-10-4-12)20-7-5-19-6-8-20;;/h1-2,11-12,16,19H,3-10H2;2*1H/t16-;;/m1../s1. The second-order valence-electron chi connectivity index (χ2n) is 5.85. The van der Waals surface area contributed by atoms with Gasteiger partial charge in [0.05, 0.1) is 0 Å². The molecule has 2 aliphatic heterocycles. The molecule has 0 amide bonds. The molecule has 2 saturated heterocycles. The fourth-order valence-electron chi connectivity index (χ4n) is 3.48. The third-order valence-electron chi connectivity index (χ3n) is 4.53. The highest BCUT2D eigenvalue weighted by atomic mass is 79.9. The first-order valence-electron chi connectivity index (χ1n) is 7.73. The van der Waals surface area contributed by atoms with Crippen LogP contribution in [0.3, 0.4) is 0 Å². The molecule has 3 nitrogen and oxygen atoms in total. The van der Waals surface area contributed by atoms with Crippen LogP contribution in [0.25, 0.3) is 0 Å². The zero-order valence-corrected chi connectivity index (χ0v) is 16.2. The van der Waals surface area contributed by atoms with Crippen molar-refractivity contribution in [2.24, 2.45) is 5.92 Å². The first kappa shape index (κ1) is 21.1. The first-order chi connectivity index (χ1) is 10.3. The predicted molar refractivity (Wildman–Crippen MR) is 99.3 cm³/mol. The summed E-state index contributed by atoms with van der Waals surface area (Å²) in [6.45, 7) is 5.69. The van der Waals surface area contributed by atoms with Crippen molar-refractivity contribution in [1.29, 1.82) is 0 Å². The van der Waals surface area contributed by atoms with Gasteiger partial charge in [0.25, 0.3) is 0 Å². The van der Waals surface area contributed by atoms with Gasteiger partial charge in [-0.05, 0) is 42.5 Å². The van der Waals surface area contributed by atoms with Crippen LogP contribution in [0.2, 0.25) is 0 Å². The number of benzene rings is 1. The second kappa shape index (κ2) is 10.2. The van der Waals surface area contributed by atoms with Crippen molar-refractivity contribution in [3.8, 4) is 0 Å². The van der Waals surface area contributed by atoms with E-state index >= 15 is 0 Å². The fraction of sp³-hybridized carbons (Fsp3) is 0.625. The number of halogens is 4. The highest BCUT2D eigenvalue weighted by Crippen LogP contribution is 2.38. The minimum Gasteiger partial charge on any atom is -0.381 e. The molecule has 0 unspecified atom stereocenters. The minimum absolute atomic E-state index is 0. The zero-order valence-electron chi connectivity index (χ0n) is 13.0. The fourth-order valence-corrected chi connectivity index (χ4v) is 3.96. The van der Waals surface area contributed by atoms with E-state index in [1.54, 1.807) is 6.07 Å². The van der Waals surface area contributed by atoms with Crippen LogP contribution in [0.15, 0.2) is 22.7 Å². The molecule has 2 fully saturated rings. The molecular formula is C16H24BrCl2FN2O. The minimum atomic E-state index is -0.152. The quantitative estimate of drug-likeness (QED) is 0.790. The Labute approximate surface area is 158 Å². The van der Waals surface area contributed by atoms with Crippen LogP contribution >= 0.6 is 40.7 Å². The van der Waals surface area contributed by atoms with Crippen LogP contribution in [0.1, 0.15) is 24.4 Å². The van der Waals surface area contributed by atoms with Crippen molar-refractivity contribution in [3.63, 3.8) is 0 Å². The molecule has 132 valence electrons. The van der Waals surface area contributed by atoms with E-state index < -0.39 is 0 Å². The molecule has 2 aliphatic rings. The van der Waals surface area contributed by atoms with Gasteiger partial charge in [0.1, 0.15) is 5.82 Å². The van der Waals surface area contributed by atoms with Gasteiger partial charge >= 0.3 is 0 Å². The lowest BCUT2D eigenvalue weighted by molar-refractivity contribution is 0.0210. The number of hydrogen-bond donors (Lipinski definition) is 1. The average Bonchev–Trinajstić information content (AvgIpc) is 2.53. The first-order valence-corrected chi connectivity index (χ1v) is 8.52. The molecule has 0 bridgehead atoms. The van der Waals surface area contributed by atoms with Crippen LogP contribution in [-0.4, -0.2) is 44.3 Å². The molecule has 23 heavy (non-hydrogen) atoms. The van der Waals surface area contributed by atoms with Crippen molar-refractivity contribution in [2.75, 3.05) is 39.4 Å². The third-order valence-corrected chi connectivity index (χ3v) is 5.26. The maximum atomic E-state index is 13.8. The largest absolute Gasteiger partial charge is 0.381 e. The van der Waals surface area contributed by atoms with Crippen LogP contribution in [0.5, 0.6) is 0 Å². The molecule has 3 rings (SSSR count). The predicted octanol–water partition coefficient (Wildman–Crippen LogP) is 3.80. The lowest BCUT2D eigenvalue weighted by Crippen LogP contribution is -2.47. The highest BCUT2D eigenvalue weighted by molar-refractivity contribution is 9.10. The molecule has 0 aliphatic carbocycles. The number of nitrogens with zero attached hydrogens (tertiary/aromatic N) is 1. The second-order valence-corrected chi connectivity index (χ2v) is 6.70. The van der Waals surface area contributed by atoms with Gasteiger partial charge in [-0.25, -0.2) is 4.39 Å². The molecule has 7 heteroatoms. The average molecular weight is 430 g/mol. The number of nitrogens with one attached hydrogen (secondary N) is 1. The van der Waals surface area contributed by atoms with Gasteiger partial charge in [-0.3, -0.25) is 4.90 Å². The highest BCUT2D eigenvalue weighted by Gasteiger charge is 2.32. The number of ether oxygens (including phenoxy) is 1. The Bertz CT molecular complexity index is 465. The Morgan fingerprint density at radius 3 is 2.48 bits per heavy atom. The Morgan fingerprint density at radius 2 is 1.83 bits per heavy atom. The van der Waals surface area contributed by atoms with Gasteiger partial charge in [0, 0.05) is 49.9 Å². The number of piperazine rings is 1. The van der Waals surface area contributed by atoms with E-state index in [0.29, 0.717) is 5.92 Å². The summed E-state index contributed by atoms with van der Waals surface area (Å²) in [4.78, 5) is 2.51. The summed E-state index contributed by atoms with van der Waals surface area (Å²) in [5.41, 5.74) is 1.09. The summed E-state index contributed by atoms with van der Waals surface area (Å²) in [5.74, 6) is 0.385. The zero-order chi connectivity index (χ0) is 14.7. The molecule has 1 atom stereocenters. The van der Waals surface area contributed by atoms with E-state index in [-0.39, 0.29) is 36.7 Å². The Balaban J connectivity index is 0.00000132. The van der Waals surface area contributed by atoms with Gasteiger partial charge in [-0.2, -0.15) is 0 Å². The summed E-state index contributed by atoms with van der Waals surface area (Å²) in [6.07, 6.45) is 2.11. The van der Waals surface area contributed by atoms with Crippen molar-refractivity contribution in [3.05, 3.63) is 34.1 Å². The molecule has 0 spiro atoms. The molecule has 1 N–H and O–H groups in total. The van der Waals surface area contributed by atoms with Crippen LogP contribution < -0.4 is 5.32 Å². The van der Waals surface area contributed by atoms with Gasteiger partial charge in [-0.1, -0.05) is 15.9 Å². The summed E-state index contributed by atoms with van der Waals surface area (Å²) in [7, 11) is 0. The Morgan fingerprint density at radius 1 is 1.17 bits per heavy atom. The Kier molecular flexibility index (Phi) is 9.34. The summed E-state index contributed by atoms with van der Waals surface area (Å²) in [6, 6.07) is 5.33. The van der Waals surface area contributed by atoms with Crippen molar-refractivity contribution in [2.45, 2.75) is 18.9 Å². The van der Waals surface area contributed by atoms with Gasteiger partial charge in [0.15, 0.2) is 0 Å². The summed E-state index contributed by atoms with van der Waals surface area (Å²) < 4.78 is 20.3. The van der Waals surface area contributed by atoms with Crippen molar-refractivity contribution in [1.82, 2.24) is 10.2 Å². The maximum Gasteiger partial charge on any atom is 0.123 e. The normalized spacial score (nSPS) is 21.1. The van der Waals surface area contributed by atoms with E-state index in [1.165, 1.54) is 6.07 Å². The summed E-state index contributed by atoms with van der Waals surface area (Å²) >= 11 is 3.62. The molecule has 0 radical (unpaired) electrons. The molecule has 0 aromatic heterocycles. The molecular weight excluding hydrogens is 406 g/mol. The number of rotatable bonds is 3. The van der Waals surface area contributed by atoms with Gasteiger partial charge in [0.2, 0.25) is 0 Å². The van der Waals surface area contributed by atoms with Crippen LogP contribution in [0.4, 0.5) is 4.39 Å². The summed E-state index contributed by atoms with van der Waals surface area (Å²) in [5, 5.41) is 3.40. The van der Waals surface area contributed by atoms with E-state index in [9.17, 15) is 4.39 Å². The van der Waals surface area contributed by atoms with Crippen molar-refractivity contribution < 1.29 is 9.13 Å². The SMILES string of the molecule is Cl.Cl.Fc1ccc(Br)c([C@@H](C2CCOCC2)N2CCNCC2)c1. The van der Waals surface area contributed by atoms with Crippen LogP contribution in [0, 0.1) is 11.7 Å². The van der Waals surface area contributed by atoms with E-state index in [4.69, 9.17) is 4.74 Å². The van der Waals surface area contributed by atoms with Gasteiger partial charge < -0.3 is 10.1 Å². The molecule has 0 saturated carbocycles. The third kappa shape index (κ3) is 5.28. The van der Waals surface area contributed by atoms with E-state index in [2.05, 4.69) is 26.1 Å². The van der Waals surface area contributed by atoms with Gasteiger partial charge in [-0.15, -0.1) is 24.8 Å². The van der Waals surface area contributed by atoms with E-state index in [0.717, 1.165) is 62.3 Å². The smallest absolute Gasteiger partial charge is 0.123 e. The van der Waals surface area contributed by atoms with Crippen LogP contribution in [-0.2, 0) is 4.74 Å². The lowest BCUT2D eigenvalue weighted by atomic mass is 9.85. The van der Waals surface area contributed by atoms with E-state index in [1.807, 2.05) is 6.07 Å². The monoisotopic (exact) mass is 428 g/mol. The lowest BCUT2D eigenvalue weighted by Gasteiger charge is -2.41. The molecule has 1 aromatic rings. The molecule has 1 aromatic carbocycles. The topological polar surface area (TPSA) is 24.5 Å². The number of hydrogen-bond acceptors (Lipinski definition) is 3.